The first-order valence-electron chi connectivity index (χ1n) is 8.38. The van der Waals surface area contributed by atoms with E-state index in [4.69, 9.17) is 9.47 Å². The van der Waals surface area contributed by atoms with Gasteiger partial charge in [-0.25, -0.2) is 4.98 Å². The normalized spacial score (nSPS) is 10.7. The summed E-state index contributed by atoms with van der Waals surface area (Å²) in [7, 11) is 1.67. The van der Waals surface area contributed by atoms with E-state index >= 15 is 0 Å². The van der Waals surface area contributed by atoms with E-state index < -0.39 is 0 Å². The van der Waals surface area contributed by atoms with E-state index in [-0.39, 0.29) is 5.91 Å². The zero-order valence-corrected chi connectivity index (χ0v) is 16.2. The lowest BCUT2D eigenvalue weighted by molar-refractivity contribution is -0.129. The third kappa shape index (κ3) is 5.83. The summed E-state index contributed by atoms with van der Waals surface area (Å²) in [6.45, 7) is 8.01. The van der Waals surface area contributed by atoms with Crippen LogP contribution in [0.15, 0.2) is 23.6 Å². The van der Waals surface area contributed by atoms with Crippen LogP contribution in [0.4, 0.5) is 0 Å². The number of carbonyl (C=O) groups is 1. The van der Waals surface area contributed by atoms with Gasteiger partial charge in [0.2, 0.25) is 5.91 Å². The van der Waals surface area contributed by atoms with Crippen LogP contribution in [0, 0.1) is 13.8 Å². The summed E-state index contributed by atoms with van der Waals surface area (Å²) < 4.78 is 10.9. The fraction of sp³-hybridized carbons (Fsp3) is 0.474. The number of carbonyl (C=O) groups excluding carboxylic acids is 1. The summed E-state index contributed by atoms with van der Waals surface area (Å²) in [5.41, 5.74) is 3.27. The van der Waals surface area contributed by atoms with Gasteiger partial charge in [0.1, 0.15) is 17.4 Å². The summed E-state index contributed by atoms with van der Waals surface area (Å²) in [5, 5.41) is 2.91. The van der Waals surface area contributed by atoms with E-state index in [1.807, 2.05) is 17.5 Å². The van der Waals surface area contributed by atoms with Crippen molar-refractivity contribution in [3.8, 4) is 5.75 Å². The first kappa shape index (κ1) is 19.4. The smallest absolute Gasteiger partial charge is 0.219 e. The van der Waals surface area contributed by atoms with E-state index in [2.05, 4.69) is 24.9 Å². The van der Waals surface area contributed by atoms with Crippen molar-refractivity contribution >= 4 is 17.2 Å². The highest BCUT2D eigenvalue weighted by Crippen LogP contribution is 2.22. The lowest BCUT2D eigenvalue weighted by Gasteiger charge is -2.19. The Labute approximate surface area is 153 Å². The molecule has 1 aromatic heterocycles. The molecule has 2 aromatic rings. The molecular weight excluding hydrogens is 336 g/mol. The minimum absolute atomic E-state index is 0.0530. The number of amides is 1. The Morgan fingerprint density at radius 2 is 2.12 bits per heavy atom. The molecule has 1 amide bonds. The third-order valence-corrected chi connectivity index (χ3v) is 4.95. The summed E-state index contributed by atoms with van der Waals surface area (Å²) in [6.07, 6.45) is 0.822. The van der Waals surface area contributed by atoms with Crippen LogP contribution in [0.1, 0.15) is 35.2 Å². The van der Waals surface area contributed by atoms with Crippen LogP contribution in [0.3, 0.4) is 0 Å². The number of ether oxygens (including phenoxy) is 2. The first-order chi connectivity index (χ1) is 12.0. The molecule has 0 saturated heterocycles. The molecule has 0 fully saturated rings. The predicted octanol–water partition coefficient (Wildman–Crippen LogP) is 3.72. The molecule has 1 aromatic carbocycles. The van der Waals surface area contributed by atoms with Crippen LogP contribution in [0.2, 0.25) is 0 Å². The van der Waals surface area contributed by atoms with Crippen LogP contribution >= 0.6 is 11.3 Å². The van der Waals surface area contributed by atoms with Crippen LogP contribution in [-0.4, -0.2) is 36.1 Å². The van der Waals surface area contributed by atoms with Crippen molar-refractivity contribution < 1.29 is 14.3 Å². The van der Waals surface area contributed by atoms with E-state index in [1.54, 1.807) is 30.3 Å². The largest absolute Gasteiger partial charge is 0.486 e. The van der Waals surface area contributed by atoms with Gasteiger partial charge in [-0.15, -0.1) is 11.3 Å². The van der Waals surface area contributed by atoms with Gasteiger partial charge >= 0.3 is 0 Å². The second-order valence-corrected chi connectivity index (χ2v) is 6.95. The van der Waals surface area contributed by atoms with Gasteiger partial charge < -0.3 is 14.4 Å². The zero-order chi connectivity index (χ0) is 18.2. The van der Waals surface area contributed by atoms with Crippen LogP contribution in [-0.2, 0) is 22.7 Å². The van der Waals surface area contributed by atoms with Crippen molar-refractivity contribution in [2.24, 2.45) is 0 Å². The average Bonchev–Trinajstić information content (AvgIpc) is 3.03. The molecule has 0 atom stereocenters. The Balaban J connectivity index is 1.92. The third-order valence-electron chi connectivity index (χ3n) is 4.08. The highest BCUT2D eigenvalue weighted by atomic mass is 32.1. The number of hydrogen-bond acceptors (Lipinski definition) is 5. The summed E-state index contributed by atoms with van der Waals surface area (Å²) in [4.78, 5) is 18.2. The van der Waals surface area contributed by atoms with Crippen molar-refractivity contribution in [3.05, 3.63) is 45.4 Å². The van der Waals surface area contributed by atoms with Crippen molar-refractivity contribution in [2.75, 3.05) is 20.3 Å². The van der Waals surface area contributed by atoms with Crippen molar-refractivity contribution in [2.45, 2.75) is 40.3 Å². The molecule has 136 valence electrons. The Kier molecular flexibility index (Phi) is 7.40. The van der Waals surface area contributed by atoms with Crippen molar-refractivity contribution in [3.63, 3.8) is 0 Å². The minimum Gasteiger partial charge on any atom is -0.486 e. The van der Waals surface area contributed by atoms with Gasteiger partial charge in [0.15, 0.2) is 0 Å². The van der Waals surface area contributed by atoms with Crippen molar-refractivity contribution in [1.82, 2.24) is 9.88 Å². The summed E-state index contributed by atoms with van der Waals surface area (Å²) in [6, 6.07) is 6.05. The van der Waals surface area contributed by atoms with Gasteiger partial charge in [-0.2, -0.15) is 0 Å². The first-order valence-corrected chi connectivity index (χ1v) is 9.26. The molecule has 0 unspecified atom stereocenters. The van der Waals surface area contributed by atoms with E-state index in [9.17, 15) is 4.79 Å². The van der Waals surface area contributed by atoms with Gasteiger partial charge in [0.25, 0.3) is 0 Å². The van der Waals surface area contributed by atoms with E-state index in [1.165, 1.54) is 5.56 Å². The SMILES string of the molecule is COCCCN(Cc1csc(COc2cccc(C)c2C)n1)C(C)=O. The number of benzene rings is 1. The molecular formula is C19H26N2O3S. The molecule has 6 heteroatoms. The molecule has 5 nitrogen and oxygen atoms in total. The maximum atomic E-state index is 11.8. The van der Waals surface area contributed by atoms with Gasteiger partial charge in [0.05, 0.1) is 12.2 Å². The van der Waals surface area contributed by atoms with Gasteiger partial charge in [-0.05, 0) is 37.5 Å². The highest BCUT2D eigenvalue weighted by Gasteiger charge is 2.12. The molecule has 0 aliphatic carbocycles. The molecule has 0 bridgehead atoms. The lowest BCUT2D eigenvalue weighted by Crippen LogP contribution is -2.30. The second kappa shape index (κ2) is 9.53. The van der Waals surface area contributed by atoms with E-state index in [0.29, 0.717) is 26.3 Å². The molecule has 0 spiro atoms. The standard InChI is InChI=1S/C19H26N2O3S/c1-14-7-5-8-18(15(14)2)24-12-19-20-17(13-25-19)11-21(16(3)22)9-6-10-23-4/h5,7-8,13H,6,9-12H2,1-4H3. The molecule has 25 heavy (non-hydrogen) atoms. The summed E-state index contributed by atoms with van der Waals surface area (Å²) >= 11 is 1.56. The topological polar surface area (TPSA) is 51.7 Å². The van der Waals surface area contributed by atoms with Crippen LogP contribution in [0.25, 0.3) is 0 Å². The Morgan fingerprint density at radius 3 is 2.84 bits per heavy atom. The number of thiazole rings is 1. The fourth-order valence-corrected chi connectivity index (χ4v) is 3.15. The lowest BCUT2D eigenvalue weighted by atomic mass is 10.1. The van der Waals surface area contributed by atoms with Crippen LogP contribution in [0.5, 0.6) is 5.75 Å². The maximum absolute atomic E-state index is 11.8. The predicted molar refractivity (Wildman–Crippen MR) is 99.9 cm³/mol. The molecule has 2 rings (SSSR count). The minimum atomic E-state index is 0.0530. The number of rotatable bonds is 9. The van der Waals surface area contributed by atoms with Crippen LogP contribution < -0.4 is 4.74 Å². The Hall–Kier alpha value is -1.92. The zero-order valence-electron chi connectivity index (χ0n) is 15.4. The molecule has 0 aliphatic heterocycles. The second-order valence-electron chi connectivity index (χ2n) is 6.01. The quantitative estimate of drug-likeness (QED) is 0.638. The molecule has 0 N–H and O–H groups in total. The molecule has 0 radical (unpaired) electrons. The van der Waals surface area contributed by atoms with Crippen molar-refractivity contribution in [1.29, 1.82) is 0 Å². The van der Waals surface area contributed by atoms with Gasteiger partial charge in [-0.1, -0.05) is 12.1 Å². The van der Waals surface area contributed by atoms with E-state index in [0.717, 1.165) is 28.4 Å². The van der Waals surface area contributed by atoms with Gasteiger partial charge in [0, 0.05) is 32.6 Å². The number of aryl methyl sites for hydroxylation is 1. The Morgan fingerprint density at radius 1 is 1.32 bits per heavy atom. The molecule has 0 saturated carbocycles. The van der Waals surface area contributed by atoms with Gasteiger partial charge in [-0.3, -0.25) is 4.79 Å². The number of methoxy groups -OCH3 is 1. The monoisotopic (exact) mass is 362 g/mol. The number of hydrogen-bond donors (Lipinski definition) is 0. The maximum Gasteiger partial charge on any atom is 0.219 e. The summed E-state index contributed by atoms with van der Waals surface area (Å²) in [5.74, 6) is 0.943. The molecule has 1 heterocycles. The highest BCUT2D eigenvalue weighted by molar-refractivity contribution is 7.09. The average molecular weight is 362 g/mol. The molecule has 0 aliphatic rings. The number of aromatic nitrogens is 1. The Bertz CT molecular complexity index is 700. The number of nitrogens with zero attached hydrogens (tertiary/aromatic N) is 2. The fourth-order valence-electron chi connectivity index (χ4n) is 2.45.